The van der Waals surface area contributed by atoms with Crippen molar-refractivity contribution in [2.75, 3.05) is 13.2 Å². The Morgan fingerprint density at radius 2 is 2.00 bits per heavy atom. The molecule has 15 heavy (non-hydrogen) atoms. The van der Waals surface area contributed by atoms with Gasteiger partial charge >= 0.3 is 0 Å². The Hall–Kier alpha value is -0.150. The largest absolute Gasteiger partial charge is 0.374 e. The highest BCUT2D eigenvalue weighted by Gasteiger charge is 2.41. The first-order valence-electron chi connectivity index (χ1n) is 5.99. The van der Waals surface area contributed by atoms with Gasteiger partial charge in [0.2, 0.25) is 0 Å². The monoisotopic (exact) mass is 215 g/mol. The van der Waals surface area contributed by atoms with Crippen LogP contribution in [0.25, 0.3) is 0 Å². The molecule has 0 aromatic rings. The fraction of sp³-hybridized carbons (Fsp3) is 1.00. The van der Waals surface area contributed by atoms with E-state index in [9.17, 15) is 4.39 Å². The average Bonchev–Trinajstić information content (AvgIpc) is 2.86. The Morgan fingerprint density at radius 3 is 2.53 bits per heavy atom. The molecule has 0 radical (unpaired) electrons. The van der Waals surface area contributed by atoms with Crippen molar-refractivity contribution in [3.63, 3.8) is 0 Å². The molecule has 2 nitrogen and oxygen atoms in total. The number of hydrogen-bond acceptors (Lipinski definition) is 2. The Morgan fingerprint density at radius 1 is 1.33 bits per heavy atom. The van der Waals surface area contributed by atoms with Gasteiger partial charge in [-0.15, -0.1) is 0 Å². The molecule has 2 rings (SSSR count). The Balaban J connectivity index is 1.84. The molecule has 88 valence electrons. The average molecular weight is 215 g/mol. The fourth-order valence-corrected chi connectivity index (χ4v) is 2.25. The minimum Gasteiger partial charge on any atom is -0.374 e. The van der Waals surface area contributed by atoms with Crippen LogP contribution in [0.2, 0.25) is 0 Å². The van der Waals surface area contributed by atoms with Gasteiger partial charge in [0.15, 0.2) is 0 Å². The van der Waals surface area contributed by atoms with Gasteiger partial charge in [-0.3, -0.25) is 4.90 Å². The summed E-state index contributed by atoms with van der Waals surface area (Å²) in [6.07, 6.45) is 2.52. The van der Waals surface area contributed by atoms with Gasteiger partial charge in [-0.1, -0.05) is 0 Å². The fourth-order valence-electron chi connectivity index (χ4n) is 2.25. The highest BCUT2D eigenvalue weighted by Crippen LogP contribution is 2.34. The minimum absolute atomic E-state index is 0.108. The molecule has 0 aromatic heterocycles. The second kappa shape index (κ2) is 4.02. The third-order valence-electron chi connectivity index (χ3n) is 3.13. The summed E-state index contributed by atoms with van der Waals surface area (Å²) in [6.45, 7) is 7.46. The lowest BCUT2D eigenvalue weighted by Gasteiger charge is -2.27. The third-order valence-corrected chi connectivity index (χ3v) is 3.13. The molecule has 0 amide bonds. The van der Waals surface area contributed by atoms with Crippen LogP contribution >= 0.6 is 0 Å². The highest BCUT2D eigenvalue weighted by atomic mass is 19.1. The first-order valence-corrected chi connectivity index (χ1v) is 5.99. The number of ether oxygens (including phenoxy) is 1. The molecule has 0 bridgehead atoms. The summed E-state index contributed by atoms with van der Waals surface area (Å²) in [7, 11) is 0. The molecule has 1 heterocycles. The lowest BCUT2D eigenvalue weighted by molar-refractivity contribution is -0.0293. The number of alkyl halides is 1. The normalized spacial score (nSPS) is 33.6. The van der Waals surface area contributed by atoms with Crippen LogP contribution in [-0.4, -0.2) is 41.9 Å². The molecule has 1 saturated heterocycles. The van der Waals surface area contributed by atoms with E-state index >= 15 is 0 Å². The first-order chi connectivity index (χ1) is 6.96. The Bertz CT molecular complexity index is 222. The van der Waals surface area contributed by atoms with Crippen molar-refractivity contribution in [3.05, 3.63) is 0 Å². The predicted octanol–water partition coefficient (Wildman–Crippen LogP) is 2.38. The van der Waals surface area contributed by atoms with Crippen LogP contribution in [0.1, 0.15) is 40.0 Å². The van der Waals surface area contributed by atoms with Crippen molar-refractivity contribution in [3.8, 4) is 0 Å². The van der Waals surface area contributed by atoms with Gasteiger partial charge in [0, 0.05) is 18.6 Å². The first kappa shape index (κ1) is 11.3. The molecular formula is C12H22FNO. The zero-order valence-electron chi connectivity index (χ0n) is 10.0. The quantitative estimate of drug-likeness (QED) is 0.716. The van der Waals surface area contributed by atoms with Crippen LogP contribution in [0.4, 0.5) is 4.39 Å². The number of rotatable bonds is 3. The van der Waals surface area contributed by atoms with Gasteiger partial charge < -0.3 is 4.74 Å². The molecule has 0 aromatic carbocycles. The van der Waals surface area contributed by atoms with Gasteiger partial charge in [-0.2, -0.15) is 0 Å². The van der Waals surface area contributed by atoms with E-state index in [0.29, 0.717) is 31.7 Å². The summed E-state index contributed by atoms with van der Waals surface area (Å²) in [6, 6.07) is 0.964. The van der Waals surface area contributed by atoms with Crippen LogP contribution in [0, 0.1) is 0 Å². The summed E-state index contributed by atoms with van der Waals surface area (Å²) in [4.78, 5) is 2.32. The molecule has 2 atom stereocenters. The maximum atomic E-state index is 13.3. The van der Waals surface area contributed by atoms with Crippen molar-refractivity contribution in [2.45, 2.75) is 63.9 Å². The van der Waals surface area contributed by atoms with E-state index in [4.69, 9.17) is 4.74 Å². The maximum Gasteiger partial charge on any atom is 0.114 e. The van der Waals surface area contributed by atoms with Crippen molar-refractivity contribution < 1.29 is 9.13 Å². The number of halogens is 1. The second-order valence-corrected chi connectivity index (χ2v) is 5.84. The zero-order valence-corrected chi connectivity index (χ0v) is 10.0. The van der Waals surface area contributed by atoms with Crippen molar-refractivity contribution in [2.24, 2.45) is 0 Å². The van der Waals surface area contributed by atoms with Gasteiger partial charge in [0.25, 0.3) is 0 Å². The van der Waals surface area contributed by atoms with Crippen molar-refractivity contribution >= 4 is 0 Å². The smallest absolute Gasteiger partial charge is 0.114 e. The molecule has 0 N–H and O–H groups in total. The summed E-state index contributed by atoms with van der Waals surface area (Å²) in [5, 5.41) is 0. The topological polar surface area (TPSA) is 12.5 Å². The Labute approximate surface area is 91.8 Å². The van der Waals surface area contributed by atoms with E-state index in [0.717, 1.165) is 0 Å². The summed E-state index contributed by atoms with van der Waals surface area (Å²) in [5.41, 5.74) is -0.108. The van der Waals surface area contributed by atoms with Crippen LogP contribution in [-0.2, 0) is 4.74 Å². The molecule has 2 fully saturated rings. The molecule has 0 spiro atoms. The Kier molecular flexibility index (Phi) is 3.04. The molecule has 1 aliphatic carbocycles. The maximum absolute atomic E-state index is 13.3. The van der Waals surface area contributed by atoms with Gasteiger partial charge in [-0.25, -0.2) is 4.39 Å². The highest BCUT2D eigenvalue weighted by molar-refractivity contribution is 4.95. The summed E-state index contributed by atoms with van der Waals surface area (Å²) >= 11 is 0. The minimum atomic E-state index is -0.640. The molecular weight excluding hydrogens is 193 g/mol. The lowest BCUT2D eigenvalue weighted by Crippen LogP contribution is -2.37. The van der Waals surface area contributed by atoms with E-state index < -0.39 is 6.17 Å². The summed E-state index contributed by atoms with van der Waals surface area (Å²) < 4.78 is 19.1. The van der Waals surface area contributed by atoms with E-state index in [1.807, 2.05) is 0 Å². The van der Waals surface area contributed by atoms with E-state index in [1.165, 1.54) is 12.8 Å². The molecule has 0 unspecified atom stereocenters. The molecule has 1 aliphatic heterocycles. The standard InChI is InChI=1S/C12H22FNO/c1-12(2,3)15-8-11-6-9(13)7-14(11)10-4-5-10/h9-11H,4-8H2,1-3H3/t9-,11+/m1/s1. The van der Waals surface area contributed by atoms with Gasteiger partial charge in [-0.05, 0) is 40.0 Å². The second-order valence-electron chi connectivity index (χ2n) is 5.84. The van der Waals surface area contributed by atoms with Crippen LogP contribution in [0.15, 0.2) is 0 Å². The molecule has 2 aliphatic rings. The number of nitrogens with zero attached hydrogens (tertiary/aromatic N) is 1. The van der Waals surface area contributed by atoms with E-state index in [2.05, 4.69) is 25.7 Å². The SMILES string of the molecule is CC(C)(C)OC[C@@H]1C[C@@H](F)CN1C1CC1. The van der Waals surface area contributed by atoms with E-state index in [1.54, 1.807) is 0 Å². The van der Waals surface area contributed by atoms with Crippen LogP contribution < -0.4 is 0 Å². The van der Waals surface area contributed by atoms with Gasteiger partial charge in [0.05, 0.1) is 12.2 Å². The number of likely N-dealkylation sites (tertiary alicyclic amines) is 1. The lowest BCUT2D eigenvalue weighted by atomic mass is 10.1. The van der Waals surface area contributed by atoms with Crippen molar-refractivity contribution in [1.29, 1.82) is 0 Å². The van der Waals surface area contributed by atoms with Crippen LogP contribution in [0.5, 0.6) is 0 Å². The zero-order chi connectivity index (χ0) is 11.1. The van der Waals surface area contributed by atoms with Gasteiger partial charge in [0.1, 0.15) is 6.17 Å². The van der Waals surface area contributed by atoms with Crippen LogP contribution in [0.3, 0.4) is 0 Å². The number of hydrogen-bond donors (Lipinski definition) is 0. The third kappa shape index (κ3) is 3.15. The molecule has 1 saturated carbocycles. The summed E-state index contributed by atoms with van der Waals surface area (Å²) in [5.74, 6) is 0. The predicted molar refractivity (Wildman–Crippen MR) is 58.7 cm³/mol. The molecule has 3 heteroatoms. The van der Waals surface area contributed by atoms with Crippen molar-refractivity contribution in [1.82, 2.24) is 4.90 Å². The van der Waals surface area contributed by atoms with E-state index in [-0.39, 0.29) is 5.60 Å².